The summed E-state index contributed by atoms with van der Waals surface area (Å²) in [6.07, 6.45) is 10.9. The number of hydrogen-bond acceptors (Lipinski definition) is 5. The molecule has 0 bridgehead atoms. The number of unbranched alkanes of at least 4 members (excludes halogenated alkanes) is 1. The van der Waals surface area contributed by atoms with Crippen LogP contribution in [0, 0.1) is 6.92 Å². The first kappa shape index (κ1) is 23.1. The molecular weight excluding hydrogens is 424 g/mol. The monoisotopic (exact) mass is 456 g/mol. The molecule has 0 N–H and O–H groups in total. The summed E-state index contributed by atoms with van der Waals surface area (Å²) < 4.78 is 9.23. The van der Waals surface area contributed by atoms with Gasteiger partial charge in [-0.05, 0) is 73.7 Å². The fourth-order valence-electron chi connectivity index (χ4n) is 4.20. The van der Waals surface area contributed by atoms with Gasteiger partial charge in [0, 0.05) is 30.9 Å². The van der Waals surface area contributed by atoms with E-state index in [1.54, 1.807) is 0 Å². The number of aryl methyl sites for hydroxylation is 1. The van der Waals surface area contributed by atoms with Crippen LogP contribution in [-0.2, 0) is 0 Å². The SMILES string of the molecule is CCCCN=C1C=CC(=C(c2ccc(N(CC)CC)cc2)c2ccc(C)c3nsnc23)C=C1. The van der Waals surface area contributed by atoms with Gasteiger partial charge in [-0.15, -0.1) is 0 Å². The molecule has 1 aliphatic rings. The van der Waals surface area contributed by atoms with Gasteiger partial charge in [0.1, 0.15) is 11.0 Å². The number of benzene rings is 2. The normalized spacial score (nSPS) is 13.1. The van der Waals surface area contributed by atoms with Crippen LogP contribution in [0.15, 0.2) is 71.3 Å². The van der Waals surface area contributed by atoms with Crippen molar-refractivity contribution in [3.05, 3.63) is 83.0 Å². The lowest BCUT2D eigenvalue weighted by Crippen LogP contribution is -2.21. The van der Waals surface area contributed by atoms with E-state index in [1.165, 1.54) is 28.6 Å². The highest BCUT2D eigenvalue weighted by molar-refractivity contribution is 7.00. The van der Waals surface area contributed by atoms with Gasteiger partial charge < -0.3 is 4.90 Å². The molecule has 0 spiro atoms. The molecule has 0 atom stereocenters. The first-order chi connectivity index (χ1) is 16.2. The minimum atomic E-state index is 0.877. The Morgan fingerprint density at radius 1 is 0.879 bits per heavy atom. The van der Waals surface area contributed by atoms with Crippen molar-refractivity contribution in [2.75, 3.05) is 24.5 Å². The quantitative estimate of drug-likeness (QED) is 0.342. The zero-order chi connectivity index (χ0) is 23.2. The summed E-state index contributed by atoms with van der Waals surface area (Å²) in [5.74, 6) is 0. The second-order valence-corrected chi connectivity index (χ2v) is 8.80. The predicted molar refractivity (Wildman–Crippen MR) is 144 cm³/mol. The molecule has 2 aromatic carbocycles. The standard InChI is InChI=1S/C28H32N4S/c1-5-8-19-29-23-14-10-21(11-15-23)26(22-12-16-24(17-13-22)32(6-2)7-3)25-18-9-20(4)27-28(25)31-33-30-27/h9-18H,5-8,19H2,1-4H3. The van der Waals surface area contributed by atoms with Crippen molar-refractivity contribution in [1.82, 2.24) is 8.75 Å². The van der Waals surface area contributed by atoms with Gasteiger partial charge in [0.25, 0.3) is 0 Å². The molecule has 0 radical (unpaired) electrons. The molecule has 1 aliphatic carbocycles. The second-order valence-electron chi connectivity index (χ2n) is 8.27. The minimum Gasteiger partial charge on any atom is -0.372 e. The Bertz CT molecular complexity index is 1210. The van der Waals surface area contributed by atoms with Gasteiger partial charge in [0.05, 0.1) is 17.4 Å². The Morgan fingerprint density at radius 3 is 2.24 bits per heavy atom. The van der Waals surface area contributed by atoms with Crippen molar-refractivity contribution in [1.29, 1.82) is 0 Å². The highest BCUT2D eigenvalue weighted by Gasteiger charge is 2.17. The molecule has 0 aliphatic heterocycles. The molecule has 3 aromatic rings. The fourth-order valence-corrected chi connectivity index (χ4v) is 4.82. The van der Waals surface area contributed by atoms with Crippen LogP contribution in [0.5, 0.6) is 0 Å². The minimum absolute atomic E-state index is 0.877. The van der Waals surface area contributed by atoms with Gasteiger partial charge >= 0.3 is 0 Å². The van der Waals surface area contributed by atoms with E-state index in [1.807, 2.05) is 0 Å². The molecule has 4 nitrogen and oxygen atoms in total. The summed E-state index contributed by atoms with van der Waals surface area (Å²) >= 11 is 1.28. The highest BCUT2D eigenvalue weighted by atomic mass is 32.1. The number of anilines is 1. The van der Waals surface area contributed by atoms with Gasteiger partial charge in [-0.1, -0.05) is 49.8 Å². The van der Waals surface area contributed by atoms with Gasteiger partial charge in [-0.25, -0.2) is 0 Å². The molecule has 1 aromatic heterocycles. The summed E-state index contributed by atoms with van der Waals surface area (Å²) in [5, 5.41) is 0. The van der Waals surface area contributed by atoms with E-state index in [4.69, 9.17) is 4.99 Å². The Morgan fingerprint density at radius 2 is 1.58 bits per heavy atom. The van der Waals surface area contributed by atoms with E-state index in [-0.39, 0.29) is 0 Å². The van der Waals surface area contributed by atoms with Crippen LogP contribution < -0.4 is 4.90 Å². The number of fused-ring (bicyclic) bond motifs is 1. The lowest BCUT2D eigenvalue weighted by atomic mass is 9.89. The second kappa shape index (κ2) is 10.7. The van der Waals surface area contributed by atoms with Crippen LogP contribution in [0.25, 0.3) is 16.6 Å². The summed E-state index contributed by atoms with van der Waals surface area (Å²) in [4.78, 5) is 7.08. The van der Waals surface area contributed by atoms with E-state index in [9.17, 15) is 0 Å². The number of nitrogens with zero attached hydrogens (tertiary/aromatic N) is 4. The van der Waals surface area contributed by atoms with Crippen molar-refractivity contribution in [3.8, 4) is 0 Å². The Hall–Kier alpha value is -3.05. The van der Waals surface area contributed by atoms with Crippen LogP contribution in [0.2, 0.25) is 0 Å². The molecule has 4 rings (SSSR count). The van der Waals surface area contributed by atoms with Gasteiger partial charge in [-0.3, -0.25) is 4.99 Å². The molecule has 1 heterocycles. The van der Waals surface area contributed by atoms with E-state index in [0.717, 1.165) is 65.9 Å². The maximum Gasteiger partial charge on any atom is 0.112 e. The van der Waals surface area contributed by atoms with Crippen molar-refractivity contribution >= 4 is 39.7 Å². The summed E-state index contributed by atoms with van der Waals surface area (Å²) in [7, 11) is 0. The average molecular weight is 457 g/mol. The van der Waals surface area contributed by atoms with Crippen LogP contribution in [0.1, 0.15) is 50.3 Å². The van der Waals surface area contributed by atoms with E-state index < -0.39 is 0 Å². The summed E-state index contributed by atoms with van der Waals surface area (Å²) in [5.41, 5.74) is 10.0. The molecular formula is C28H32N4S. The van der Waals surface area contributed by atoms with Crippen LogP contribution >= 0.6 is 11.7 Å². The fraction of sp³-hybridized carbons (Fsp3) is 0.321. The largest absolute Gasteiger partial charge is 0.372 e. The third-order valence-electron chi connectivity index (χ3n) is 6.13. The molecule has 0 saturated carbocycles. The highest BCUT2D eigenvalue weighted by Crippen LogP contribution is 2.35. The zero-order valence-electron chi connectivity index (χ0n) is 20.0. The molecule has 33 heavy (non-hydrogen) atoms. The maximum absolute atomic E-state index is 4.71. The van der Waals surface area contributed by atoms with Gasteiger partial charge in [0.15, 0.2) is 0 Å². The number of rotatable bonds is 8. The first-order valence-corrected chi connectivity index (χ1v) is 12.6. The Balaban J connectivity index is 1.82. The molecule has 0 fully saturated rings. The van der Waals surface area contributed by atoms with E-state index in [2.05, 4.69) is 102 Å². The lowest BCUT2D eigenvalue weighted by molar-refractivity contribution is 0.809. The molecule has 170 valence electrons. The van der Waals surface area contributed by atoms with Crippen LogP contribution in [-0.4, -0.2) is 34.1 Å². The van der Waals surface area contributed by atoms with Crippen LogP contribution in [0.3, 0.4) is 0 Å². The molecule has 0 amide bonds. The van der Waals surface area contributed by atoms with Crippen molar-refractivity contribution in [2.24, 2.45) is 4.99 Å². The average Bonchev–Trinajstić information content (AvgIpc) is 3.35. The zero-order valence-corrected chi connectivity index (χ0v) is 20.8. The third-order valence-corrected chi connectivity index (χ3v) is 6.66. The molecule has 0 saturated heterocycles. The van der Waals surface area contributed by atoms with Gasteiger partial charge in [-0.2, -0.15) is 8.75 Å². The van der Waals surface area contributed by atoms with Crippen molar-refractivity contribution in [3.63, 3.8) is 0 Å². The predicted octanol–water partition coefficient (Wildman–Crippen LogP) is 7.01. The smallest absolute Gasteiger partial charge is 0.112 e. The third kappa shape index (κ3) is 4.98. The number of hydrogen-bond donors (Lipinski definition) is 0. The number of aliphatic imine (C=N–C) groups is 1. The topological polar surface area (TPSA) is 41.4 Å². The summed E-state index contributed by atoms with van der Waals surface area (Å²) in [6, 6.07) is 13.2. The van der Waals surface area contributed by atoms with Gasteiger partial charge in [0.2, 0.25) is 0 Å². The van der Waals surface area contributed by atoms with Crippen molar-refractivity contribution in [2.45, 2.75) is 40.5 Å². The maximum atomic E-state index is 4.71. The Kier molecular flexibility index (Phi) is 7.50. The molecule has 0 unspecified atom stereocenters. The molecule has 5 heteroatoms. The summed E-state index contributed by atoms with van der Waals surface area (Å²) in [6.45, 7) is 11.6. The van der Waals surface area contributed by atoms with Crippen LogP contribution in [0.4, 0.5) is 5.69 Å². The first-order valence-electron chi connectivity index (χ1n) is 11.9. The van der Waals surface area contributed by atoms with E-state index >= 15 is 0 Å². The van der Waals surface area contributed by atoms with Crippen molar-refractivity contribution < 1.29 is 0 Å². The number of allylic oxidation sites excluding steroid dienone is 5. The Labute approximate surface area is 201 Å². The lowest BCUT2D eigenvalue weighted by Gasteiger charge is -2.22. The number of aromatic nitrogens is 2. The van der Waals surface area contributed by atoms with E-state index in [0.29, 0.717) is 0 Å².